The third-order valence-corrected chi connectivity index (χ3v) is 1.93. The summed E-state index contributed by atoms with van der Waals surface area (Å²) in [5.74, 6) is 0. The van der Waals surface area contributed by atoms with Crippen LogP contribution in [0.4, 0.5) is 5.69 Å². The first-order valence-electron chi connectivity index (χ1n) is 4.65. The fraction of sp³-hybridized carbons (Fsp3) is 0.364. The highest BCUT2D eigenvalue weighted by Gasteiger charge is 2.04. The smallest absolute Gasteiger partial charge is 0.0906 e. The highest BCUT2D eigenvalue weighted by Crippen LogP contribution is 2.25. The molecule has 0 aliphatic carbocycles. The summed E-state index contributed by atoms with van der Waals surface area (Å²) in [6, 6.07) is 0. The van der Waals surface area contributed by atoms with Gasteiger partial charge < -0.3 is 4.98 Å². The molecule has 0 unspecified atom stereocenters. The Morgan fingerprint density at radius 1 is 1.46 bits per heavy atom. The van der Waals surface area contributed by atoms with Gasteiger partial charge in [0.1, 0.15) is 0 Å². The summed E-state index contributed by atoms with van der Waals surface area (Å²) in [4.78, 5) is 7.56. The molecule has 13 heavy (non-hydrogen) atoms. The average molecular weight is 176 g/mol. The molecule has 0 spiro atoms. The molecule has 0 atom stereocenters. The van der Waals surface area contributed by atoms with Crippen LogP contribution >= 0.6 is 0 Å². The molecule has 2 heteroatoms. The van der Waals surface area contributed by atoms with Crippen LogP contribution in [0.5, 0.6) is 0 Å². The van der Waals surface area contributed by atoms with Gasteiger partial charge in [-0.05, 0) is 31.9 Å². The van der Waals surface area contributed by atoms with Gasteiger partial charge in [-0.3, -0.25) is 4.99 Å². The zero-order valence-corrected chi connectivity index (χ0v) is 8.46. The summed E-state index contributed by atoms with van der Waals surface area (Å²) >= 11 is 0. The molecular formula is C11H16N2. The lowest BCUT2D eigenvalue weighted by Gasteiger charge is -1.95. The number of aromatic amines is 1. The van der Waals surface area contributed by atoms with Crippen molar-refractivity contribution in [2.75, 3.05) is 0 Å². The Kier molecular flexibility index (Phi) is 3.50. The van der Waals surface area contributed by atoms with Crippen molar-refractivity contribution in [3.05, 3.63) is 23.5 Å². The second-order valence-electron chi connectivity index (χ2n) is 2.82. The minimum atomic E-state index is 1.01. The van der Waals surface area contributed by atoms with Crippen molar-refractivity contribution in [2.45, 2.75) is 27.2 Å². The predicted molar refractivity (Wildman–Crippen MR) is 58.7 cm³/mol. The van der Waals surface area contributed by atoms with E-state index in [1.54, 1.807) is 0 Å². The van der Waals surface area contributed by atoms with Gasteiger partial charge in [0.15, 0.2) is 0 Å². The van der Waals surface area contributed by atoms with Crippen molar-refractivity contribution in [3.8, 4) is 0 Å². The number of allylic oxidation sites excluding steroid dienone is 1. The van der Waals surface area contributed by atoms with Gasteiger partial charge in [0.25, 0.3) is 0 Å². The van der Waals surface area contributed by atoms with Crippen LogP contribution in [-0.2, 0) is 6.42 Å². The molecule has 1 aromatic rings. The summed E-state index contributed by atoms with van der Waals surface area (Å²) in [6.07, 6.45) is 8.93. The zero-order chi connectivity index (χ0) is 9.68. The first kappa shape index (κ1) is 9.78. The number of rotatable bonds is 3. The Labute approximate surface area is 79.4 Å². The van der Waals surface area contributed by atoms with Crippen LogP contribution in [0.1, 0.15) is 32.0 Å². The van der Waals surface area contributed by atoms with E-state index in [2.05, 4.69) is 16.9 Å². The standard InChI is InChI=1S/C11H16N2/c1-4-7-10-11(12-6-3)9(5-2)8-13-10/h4,6-8,13H,5H2,1-3H3/b7-4-,12-6?. The van der Waals surface area contributed by atoms with Gasteiger partial charge >= 0.3 is 0 Å². The fourth-order valence-corrected chi connectivity index (χ4v) is 1.32. The van der Waals surface area contributed by atoms with Crippen LogP contribution in [0, 0.1) is 0 Å². The van der Waals surface area contributed by atoms with Gasteiger partial charge in [-0.15, -0.1) is 0 Å². The Hall–Kier alpha value is -1.31. The number of aromatic nitrogens is 1. The second-order valence-corrected chi connectivity index (χ2v) is 2.82. The molecule has 0 saturated carbocycles. The summed E-state index contributed by atoms with van der Waals surface area (Å²) in [5.41, 5.74) is 3.44. The summed E-state index contributed by atoms with van der Waals surface area (Å²) < 4.78 is 0. The van der Waals surface area contributed by atoms with Gasteiger partial charge in [-0.1, -0.05) is 13.0 Å². The van der Waals surface area contributed by atoms with Crippen LogP contribution in [0.2, 0.25) is 0 Å². The van der Waals surface area contributed by atoms with E-state index in [1.807, 2.05) is 38.4 Å². The van der Waals surface area contributed by atoms with E-state index in [4.69, 9.17) is 0 Å². The maximum absolute atomic E-state index is 4.35. The van der Waals surface area contributed by atoms with Crippen molar-refractivity contribution in [2.24, 2.45) is 4.99 Å². The Balaban J connectivity index is 3.13. The summed E-state index contributed by atoms with van der Waals surface area (Å²) in [6.45, 7) is 6.08. The van der Waals surface area contributed by atoms with Gasteiger partial charge in [-0.25, -0.2) is 0 Å². The van der Waals surface area contributed by atoms with Crippen molar-refractivity contribution in [1.82, 2.24) is 4.98 Å². The fourth-order valence-electron chi connectivity index (χ4n) is 1.32. The number of nitrogens with zero attached hydrogens (tertiary/aromatic N) is 1. The van der Waals surface area contributed by atoms with Gasteiger partial charge in [0.05, 0.1) is 11.4 Å². The molecule has 0 amide bonds. The number of hydrogen-bond donors (Lipinski definition) is 1. The van der Waals surface area contributed by atoms with Crippen LogP contribution in [0.15, 0.2) is 17.3 Å². The van der Waals surface area contributed by atoms with E-state index in [0.29, 0.717) is 0 Å². The Morgan fingerprint density at radius 3 is 2.77 bits per heavy atom. The quantitative estimate of drug-likeness (QED) is 0.684. The predicted octanol–water partition coefficient (Wildman–Crippen LogP) is 3.33. The molecule has 0 saturated heterocycles. The lowest BCUT2D eigenvalue weighted by molar-refractivity contribution is 1.14. The maximum Gasteiger partial charge on any atom is 0.0906 e. The SMILES string of the molecule is CC=Nc1c(CC)c[nH]c1/C=C\C. The summed E-state index contributed by atoms with van der Waals surface area (Å²) in [7, 11) is 0. The molecule has 0 aromatic carbocycles. The van der Waals surface area contributed by atoms with Gasteiger partial charge in [-0.2, -0.15) is 0 Å². The number of nitrogens with one attached hydrogen (secondary N) is 1. The molecule has 2 nitrogen and oxygen atoms in total. The third kappa shape index (κ3) is 2.08. The molecule has 70 valence electrons. The van der Waals surface area contributed by atoms with Crippen LogP contribution < -0.4 is 0 Å². The topological polar surface area (TPSA) is 28.1 Å². The second kappa shape index (κ2) is 4.65. The molecule has 1 N–H and O–H groups in total. The number of H-pyrrole nitrogens is 1. The first-order valence-corrected chi connectivity index (χ1v) is 4.65. The molecule has 0 bridgehead atoms. The molecular weight excluding hydrogens is 160 g/mol. The highest BCUT2D eigenvalue weighted by atomic mass is 14.8. The van der Waals surface area contributed by atoms with E-state index in [0.717, 1.165) is 17.8 Å². The number of aliphatic imine (C=N–C) groups is 1. The summed E-state index contributed by atoms with van der Waals surface area (Å²) in [5, 5.41) is 0. The Bertz CT molecular complexity index is 319. The molecule has 0 radical (unpaired) electrons. The third-order valence-electron chi connectivity index (χ3n) is 1.93. The largest absolute Gasteiger partial charge is 0.360 e. The molecule has 1 heterocycles. The lowest BCUT2D eigenvalue weighted by Crippen LogP contribution is -1.75. The van der Waals surface area contributed by atoms with Gasteiger partial charge in [0.2, 0.25) is 0 Å². The minimum Gasteiger partial charge on any atom is -0.360 e. The van der Waals surface area contributed by atoms with E-state index in [1.165, 1.54) is 5.56 Å². The van der Waals surface area contributed by atoms with E-state index in [9.17, 15) is 0 Å². The zero-order valence-electron chi connectivity index (χ0n) is 8.46. The molecule has 1 rings (SSSR count). The van der Waals surface area contributed by atoms with Crippen molar-refractivity contribution < 1.29 is 0 Å². The first-order chi connectivity index (χ1) is 6.33. The van der Waals surface area contributed by atoms with Crippen molar-refractivity contribution in [1.29, 1.82) is 0 Å². The van der Waals surface area contributed by atoms with Crippen LogP contribution in [0.3, 0.4) is 0 Å². The highest BCUT2D eigenvalue weighted by molar-refractivity contribution is 5.70. The molecule has 1 aromatic heterocycles. The van der Waals surface area contributed by atoms with Crippen molar-refractivity contribution in [3.63, 3.8) is 0 Å². The van der Waals surface area contributed by atoms with E-state index in [-0.39, 0.29) is 0 Å². The molecule has 0 aliphatic heterocycles. The van der Waals surface area contributed by atoms with Crippen molar-refractivity contribution >= 4 is 18.0 Å². The number of aryl methyl sites for hydroxylation is 1. The average Bonchev–Trinajstić information content (AvgIpc) is 2.50. The monoisotopic (exact) mass is 176 g/mol. The van der Waals surface area contributed by atoms with E-state index >= 15 is 0 Å². The molecule has 0 fully saturated rings. The minimum absolute atomic E-state index is 1.01. The van der Waals surface area contributed by atoms with E-state index < -0.39 is 0 Å². The lowest BCUT2D eigenvalue weighted by atomic mass is 10.2. The Morgan fingerprint density at radius 2 is 2.23 bits per heavy atom. The normalized spacial score (nSPS) is 11.9. The van der Waals surface area contributed by atoms with Crippen LogP contribution in [0.25, 0.3) is 6.08 Å². The number of hydrogen-bond acceptors (Lipinski definition) is 1. The van der Waals surface area contributed by atoms with Crippen LogP contribution in [-0.4, -0.2) is 11.2 Å². The van der Waals surface area contributed by atoms with Gasteiger partial charge in [0, 0.05) is 12.4 Å². The molecule has 0 aliphatic rings. The maximum atomic E-state index is 4.35.